The first kappa shape index (κ1) is 29.9. The van der Waals surface area contributed by atoms with Crippen molar-refractivity contribution in [3.05, 3.63) is 47.5 Å². The van der Waals surface area contributed by atoms with Crippen molar-refractivity contribution < 1.29 is 27.4 Å². The number of methoxy groups -OCH3 is 2. The van der Waals surface area contributed by atoms with Gasteiger partial charge in [0.05, 0.1) is 5.56 Å². The maximum Gasteiger partial charge on any atom is 0.254 e. The first-order valence-electron chi connectivity index (χ1n) is 13.2. The molecule has 0 atom stereocenters. The summed E-state index contributed by atoms with van der Waals surface area (Å²) in [4.78, 5) is 4.74. The number of sulfone groups is 1. The number of nitrogens with zero attached hydrogens (tertiary/aromatic N) is 5. The quantitative estimate of drug-likeness (QED) is 0.300. The van der Waals surface area contributed by atoms with Gasteiger partial charge in [0.25, 0.3) is 5.16 Å². The predicted molar refractivity (Wildman–Crippen MR) is 152 cm³/mol. The Labute approximate surface area is 236 Å². The maximum atomic E-state index is 12.8. The van der Waals surface area contributed by atoms with Crippen LogP contribution in [0, 0.1) is 0 Å². The van der Waals surface area contributed by atoms with Gasteiger partial charge in [0.2, 0.25) is 9.84 Å². The molecule has 218 valence electrons. The normalized spacial score (nSPS) is 15.1. The Bertz CT molecular complexity index is 1380. The highest BCUT2D eigenvalue weighted by Gasteiger charge is 2.27. The van der Waals surface area contributed by atoms with Gasteiger partial charge >= 0.3 is 0 Å². The van der Waals surface area contributed by atoms with Crippen LogP contribution in [0.25, 0.3) is 17.1 Å². The SMILES string of the molecule is COCOc1cc(OCOC)c(C(C)C)cc1-c1nnc(S(C)(=O)=O)n1-c1ccc(CN2CCN(C)CC2)cc1. The zero-order chi connectivity index (χ0) is 28.9. The molecule has 1 saturated heterocycles. The van der Waals surface area contributed by atoms with E-state index in [0.29, 0.717) is 28.6 Å². The van der Waals surface area contributed by atoms with Crippen molar-refractivity contribution in [1.82, 2.24) is 24.6 Å². The summed E-state index contributed by atoms with van der Waals surface area (Å²) < 4.78 is 49.2. The molecule has 0 N–H and O–H groups in total. The van der Waals surface area contributed by atoms with Crippen LogP contribution in [-0.4, -0.2) is 100 Å². The van der Waals surface area contributed by atoms with Crippen LogP contribution < -0.4 is 9.47 Å². The van der Waals surface area contributed by atoms with Gasteiger partial charge in [-0.3, -0.25) is 9.47 Å². The van der Waals surface area contributed by atoms with Crippen molar-refractivity contribution in [2.75, 3.05) is 67.3 Å². The lowest BCUT2D eigenvalue weighted by atomic mass is 9.98. The van der Waals surface area contributed by atoms with Crippen molar-refractivity contribution in [2.45, 2.75) is 31.5 Å². The highest BCUT2D eigenvalue weighted by molar-refractivity contribution is 7.90. The zero-order valence-electron chi connectivity index (χ0n) is 24.1. The second kappa shape index (κ2) is 13.1. The Balaban J connectivity index is 1.80. The van der Waals surface area contributed by atoms with Gasteiger partial charge < -0.3 is 23.8 Å². The highest BCUT2D eigenvalue weighted by Crippen LogP contribution is 2.40. The van der Waals surface area contributed by atoms with E-state index in [1.54, 1.807) is 17.7 Å². The molecule has 3 aromatic rings. The molecule has 2 aromatic carbocycles. The molecule has 0 saturated carbocycles. The summed E-state index contributed by atoms with van der Waals surface area (Å²) in [6.45, 7) is 9.07. The van der Waals surface area contributed by atoms with Crippen LogP contribution in [0.1, 0.15) is 30.9 Å². The molecular formula is C28H39N5O6S. The van der Waals surface area contributed by atoms with Gasteiger partial charge in [-0.1, -0.05) is 26.0 Å². The van der Waals surface area contributed by atoms with Gasteiger partial charge in [-0.05, 0) is 42.3 Å². The Kier molecular flexibility index (Phi) is 9.80. The molecule has 0 aliphatic carbocycles. The van der Waals surface area contributed by atoms with Crippen LogP contribution in [0.5, 0.6) is 11.5 Å². The van der Waals surface area contributed by atoms with E-state index in [1.807, 2.05) is 44.2 Å². The molecule has 0 unspecified atom stereocenters. The summed E-state index contributed by atoms with van der Waals surface area (Å²) in [6.07, 6.45) is 1.13. The number of rotatable bonds is 12. The molecule has 12 heteroatoms. The first-order valence-corrected chi connectivity index (χ1v) is 15.1. The number of piperazine rings is 1. The van der Waals surface area contributed by atoms with E-state index < -0.39 is 9.84 Å². The number of ether oxygens (including phenoxy) is 4. The smallest absolute Gasteiger partial charge is 0.254 e. The standard InChI is InChI=1S/C28H39N5O6S/c1-20(2)23-15-24(26(39-19-37-5)16-25(23)38-18-36-4)27-29-30-28(40(6,34)35)33(27)22-9-7-21(8-10-22)17-32-13-11-31(3)12-14-32/h7-10,15-16,20H,11-14,17-19H2,1-6H3. The third-order valence-corrected chi connectivity index (χ3v) is 7.73. The van der Waals surface area contributed by atoms with Crippen molar-refractivity contribution in [2.24, 2.45) is 0 Å². The average molecular weight is 574 g/mol. The second-order valence-electron chi connectivity index (χ2n) is 10.3. The van der Waals surface area contributed by atoms with Gasteiger partial charge in [-0.25, -0.2) is 8.42 Å². The van der Waals surface area contributed by atoms with Crippen LogP contribution in [0.3, 0.4) is 0 Å². The molecule has 1 aliphatic rings. The molecule has 0 spiro atoms. The highest BCUT2D eigenvalue weighted by atomic mass is 32.2. The monoisotopic (exact) mass is 573 g/mol. The molecule has 1 aromatic heterocycles. The van der Waals surface area contributed by atoms with E-state index in [4.69, 9.17) is 18.9 Å². The molecule has 0 bridgehead atoms. The van der Waals surface area contributed by atoms with Gasteiger partial charge in [0.1, 0.15) is 11.5 Å². The fourth-order valence-corrected chi connectivity index (χ4v) is 5.34. The molecule has 11 nitrogen and oxygen atoms in total. The van der Waals surface area contributed by atoms with Crippen molar-refractivity contribution in [3.63, 3.8) is 0 Å². The lowest BCUT2D eigenvalue weighted by molar-refractivity contribution is 0.0457. The topological polar surface area (TPSA) is 108 Å². The second-order valence-corrected chi connectivity index (χ2v) is 12.2. The van der Waals surface area contributed by atoms with Crippen LogP contribution >= 0.6 is 0 Å². The number of hydrogen-bond acceptors (Lipinski definition) is 10. The minimum Gasteiger partial charge on any atom is -0.467 e. The summed E-state index contributed by atoms with van der Waals surface area (Å²) >= 11 is 0. The average Bonchev–Trinajstić information content (AvgIpc) is 3.38. The minimum absolute atomic E-state index is 0.0220. The molecule has 1 aliphatic heterocycles. The van der Waals surface area contributed by atoms with Gasteiger partial charge in [-0.15, -0.1) is 10.2 Å². The molecule has 0 amide bonds. The van der Waals surface area contributed by atoms with Gasteiger partial charge in [0.15, 0.2) is 19.4 Å². The lowest BCUT2D eigenvalue weighted by Crippen LogP contribution is -2.43. The first-order chi connectivity index (χ1) is 19.1. The third kappa shape index (κ3) is 6.99. The van der Waals surface area contributed by atoms with E-state index in [1.165, 1.54) is 7.11 Å². The number of likely N-dealkylation sites (N-methyl/N-ethyl adjacent to an activating group) is 1. The maximum absolute atomic E-state index is 12.8. The van der Waals surface area contributed by atoms with Gasteiger partial charge in [-0.2, -0.15) is 0 Å². The number of hydrogen-bond donors (Lipinski definition) is 0. The largest absolute Gasteiger partial charge is 0.467 e. The fraction of sp³-hybridized carbons (Fsp3) is 0.500. The summed E-state index contributed by atoms with van der Waals surface area (Å²) in [7, 11) is 1.50. The van der Waals surface area contributed by atoms with E-state index in [0.717, 1.165) is 50.1 Å². The summed E-state index contributed by atoms with van der Waals surface area (Å²) in [6, 6.07) is 11.5. The van der Waals surface area contributed by atoms with Crippen LogP contribution in [0.15, 0.2) is 41.6 Å². The Morgan fingerprint density at radius 1 is 0.900 bits per heavy atom. The summed E-state index contributed by atoms with van der Waals surface area (Å²) in [5.41, 5.74) is 3.23. The van der Waals surface area contributed by atoms with Crippen molar-refractivity contribution >= 4 is 9.84 Å². The minimum atomic E-state index is -3.71. The van der Waals surface area contributed by atoms with E-state index in [2.05, 4.69) is 27.0 Å². The molecule has 1 fully saturated rings. The number of benzene rings is 2. The predicted octanol–water partition coefficient (Wildman–Crippen LogP) is 3.17. The molecular weight excluding hydrogens is 534 g/mol. The lowest BCUT2D eigenvalue weighted by Gasteiger charge is -2.32. The van der Waals surface area contributed by atoms with Crippen LogP contribution in [0.4, 0.5) is 0 Å². The molecule has 2 heterocycles. The van der Waals surface area contributed by atoms with E-state index in [9.17, 15) is 8.42 Å². The van der Waals surface area contributed by atoms with Crippen LogP contribution in [0.2, 0.25) is 0 Å². The van der Waals surface area contributed by atoms with E-state index in [-0.39, 0.29) is 24.7 Å². The zero-order valence-corrected chi connectivity index (χ0v) is 24.9. The Morgan fingerprint density at radius 3 is 2.10 bits per heavy atom. The Hall–Kier alpha value is -3.03. The molecule has 40 heavy (non-hydrogen) atoms. The van der Waals surface area contributed by atoms with Crippen LogP contribution in [-0.2, 0) is 25.9 Å². The molecule has 4 rings (SSSR count). The fourth-order valence-electron chi connectivity index (χ4n) is 4.62. The third-order valence-electron chi connectivity index (χ3n) is 6.80. The van der Waals surface area contributed by atoms with Crippen molar-refractivity contribution in [3.8, 4) is 28.6 Å². The summed E-state index contributed by atoms with van der Waals surface area (Å²) in [5.74, 6) is 1.42. The van der Waals surface area contributed by atoms with Gasteiger partial charge in [0, 0.05) is 65.0 Å². The molecule has 0 radical (unpaired) electrons. The summed E-state index contributed by atoms with van der Waals surface area (Å²) in [5, 5.41) is 8.30. The van der Waals surface area contributed by atoms with Crippen molar-refractivity contribution in [1.29, 1.82) is 0 Å². The Morgan fingerprint density at radius 2 is 1.52 bits per heavy atom. The number of aromatic nitrogens is 3. The van der Waals surface area contributed by atoms with E-state index >= 15 is 0 Å².